The van der Waals surface area contributed by atoms with Gasteiger partial charge in [-0.3, -0.25) is 14.4 Å². The van der Waals surface area contributed by atoms with E-state index < -0.39 is 5.41 Å². The third kappa shape index (κ3) is 3.32. The molecular weight excluding hydrogens is 361 g/mol. The van der Waals surface area contributed by atoms with Gasteiger partial charge in [-0.15, -0.1) is 0 Å². The number of carbonyl (C=O) groups is 2. The molecule has 1 aromatic heterocycles. The van der Waals surface area contributed by atoms with Crippen LogP contribution in [0.1, 0.15) is 35.2 Å². The van der Waals surface area contributed by atoms with Crippen LogP contribution >= 0.6 is 0 Å². The summed E-state index contributed by atoms with van der Waals surface area (Å²) in [4.78, 5) is 43.1. The van der Waals surface area contributed by atoms with E-state index >= 15 is 0 Å². The number of rotatable bonds is 3. The number of benzene rings is 1. The summed E-state index contributed by atoms with van der Waals surface area (Å²) >= 11 is 0. The number of hydrogen-bond donors (Lipinski definition) is 1. The monoisotopic (exact) mass is 383 g/mol. The minimum atomic E-state index is -0.596. The molecule has 2 aliphatic rings. The fourth-order valence-electron chi connectivity index (χ4n) is 4.29. The van der Waals surface area contributed by atoms with Crippen molar-refractivity contribution in [3.8, 4) is 0 Å². The topological polar surface area (TPSA) is 73.5 Å². The molecule has 2 saturated heterocycles. The molecule has 1 spiro atoms. The highest BCUT2D eigenvalue weighted by Crippen LogP contribution is 2.41. The number of aromatic nitrogens is 1. The standard InChI is InChI=1S/C21H22FN3O3/c22-17-5-2-1-4-16(17)13-24-10-3-8-21(20(24)28)9-11-25(14-21)19(27)15-6-7-18(26)23-12-15/h1-2,4-7,12H,3,8-11,13-14H2,(H,23,26). The minimum absolute atomic E-state index is 0.00114. The molecule has 7 heteroatoms. The smallest absolute Gasteiger partial charge is 0.255 e. The number of piperidine rings is 1. The van der Waals surface area contributed by atoms with E-state index in [1.165, 1.54) is 24.4 Å². The van der Waals surface area contributed by atoms with Crippen LogP contribution in [0.25, 0.3) is 0 Å². The number of nitrogens with zero attached hydrogens (tertiary/aromatic N) is 2. The molecule has 3 heterocycles. The molecule has 2 aromatic rings. The van der Waals surface area contributed by atoms with Gasteiger partial charge < -0.3 is 14.8 Å². The third-order valence-corrected chi connectivity index (χ3v) is 5.82. The first kappa shape index (κ1) is 18.4. The van der Waals surface area contributed by atoms with Gasteiger partial charge in [-0.2, -0.15) is 0 Å². The van der Waals surface area contributed by atoms with Gasteiger partial charge >= 0.3 is 0 Å². The van der Waals surface area contributed by atoms with Gasteiger partial charge in [0.1, 0.15) is 5.82 Å². The van der Waals surface area contributed by atoms with Gasteiger partial charge in [0.25, 0.3) is 5.91 Å². The minimum Gasteiger partial charge on any atom is -0.338 e. The molecular formula is C21H22FN3O3. The lowest BCUT2D eigenvalue weighted by Crippen LogP contribution is -2.50. The number of H-pyrrole nitrogens is 1. The van der Waals surface area contributed by atoms with Gasteiger partial charge in [-0.05, 0) is 31.4 Å². The van der Waals surface area contributed by atoms with Crippen LogP contribution < -0.4 is 5.56 Å². The van der Waals surface area contributed by atoms with Gasteiger partial charge in [0.2, 0.25) is 11.5 Å². The van der Waals surface area contributed by atoms with E-state index in [-0.39, 0.29) is 29.7 Å². The van der Waals surface area contributed by atoms with Gasteiger partial charge in [0, 0.05) is 44.0 Å². The largest absolute Gasteiger partial charge is 0.338 e. The van der Waals surface area contributed by atoms with Crippen LogP contribution in [-0.4, -0.2) is 46.2 Å². The predicted octanol–water partition coefficient (Wildman–Crippen LogP) is 2.17. The number of hydrogen-bond acceptors (Lipinski definition) is 3. The van der Waals surface area contributed by atoms with Crippen molar-refractivity contribution in [3.05, 3.63) is 69.9 Å². The van der Waals surface area contributed by atoms with Crippen molar-refractivity contribution in [3.63, 3.8) is 0 Å². The van der Waals surface area contributed by atoms with E-state index in [0.29, 0.717) is 37.2 Å². The lowest BCUT2D eigenvalue weighted by molar-refractivity contribution is -0.146. The lowest BCUT2D eigenvalue weighted by atomic mass is 9.78. The maximum Gasteiger partial charge on any atom is 0.255 e. The van der Waals surface area contributed by atoms with Crippen LogP contribution in [0, 0.1) is 11.2 Å². The highest BCUT2D eigenvalue weighted by Gasteiger charge is 2.49. The number of halogens is 1. The summed E-state index contributed by atoms with van der Waals surface area (Å²) in [5.41, 5.74) is 0.0531. The molecule has 28 heavy (non-hydrogen) atoms. The Kier molecular flexibility index (Phi) is 4.75. The number of pyridine rings is 1. The first-order chi connectivity index (χ1) is 13.5. The van der Waals surface area contributed by atoms with Crippen LogP contribution in [0.15, 0.2) is 47.4 Å². The summed E-state index contributed by atoms with van der Waals surface area (Å²) in [5, 5.41) is 0. The van der Waals surface area contributed by atoms with Crippen molar-refractivity contribution in [1.82, 2.24) is 14.8 Å². The van der Waals surface area contributed by atoms with Crippen LogP contribution in [0.4, 0.5) is 4.39 Å². The fourth-order valence-corrected chi connectivity index (χ4v) is 4.29. The summed E-state index contributed by atoms with van der Waals surface area (Å²) in [6.45, 7) is 1.71. The molecule has 1 N–H and O–H groups in total. The zero-order valence-electron chi connectivity index (χ0n) is 15.5. The highest BCUT2D eigenvalue weighted by molar-refractivity contribution is 5.95. The number of carbonyl (C=O) groups excluding carboxylic acids is 2. The second-order valence-electron chi connectivity index (χ2n) is 7.62. The van der Waals surface area contributed by atoms with E-state index in [2.05, 4.69) is 4.98 Å². The number of nitrogens with one attached hydrogen (secondary N) is 1. The normalized spacial score (nSPS) is 22.1. The Morgan fingerprint density at radius 2 is 1.93 bits per heavy atom. The molecule has 6 nitrogen and oxygen atoms in total. The summed E-state index contributed by atoms with van der Waals surface area (Å²) in [5.74, 6) is -0.498. The number of aromatic amines is 1. The molecule has 1 atom stereocenters. The van der Waals surface area contributed by atoms with Crippen LogP contribution in [-0.2, 0) is 11.3 Å². The molecule has 0 bridgehead atoms. The predicted molar refractivity (Wildman–Crippen MR) is 101 cm³/mol. The first-order valence-electron chi connectivity index (χ1n) is 9.49. The van der Waals surface area contributed by atoms with Gasteiger partial charge in [0.15, 0.2) is 0 Å². The maximum atomic E-state index is 14.0. The van der Waals surface area contributed by atoms with Crippen LogP contribution in [0.5, 0.6) is 0 Å². The van der Waals surface area contributed by atoms with Crippen molar-refractivity contribution in [1.29, 1.82) is 0 Å². The van der Waals surface area contributed by atoms with Crippen molar-refractivity contribution < 1.29 is 14.0 Å². The second-order valence-corrected chi connectivity index (χ2v) is 7.62. The Morgan fingerprint density at radius 3 is 2.68 bits per heavy atom. The Morgan fingerprint density at radius 1 is 1.11 bits per heavy atom. The number of likely N-dealkylation sites (tertiary alicyclic amines) is 2. The molecule has 1 aromatic carbocycles. The van der Waals surface area contributed by atoms with E-state index in [4.69, 9.17) is 0 Å². The summed E-state index contributed by atoms with van der Waals surface area (Å²) < 4.78 is 14.0. The van der Waals surface area contributed by atoms with Gasteiger partial charge in [-0.25, -0.2) is 4.39 Å². The fraction of sp³-hybridized carbons (Fsp3) is 0.381. The molecule has 1 unspecified atom stereocenters. The Balaban J connectivity index is 1.49. The Bertz CT molecular complexity index is 953. The van der Waals surface area contributed by atoms with Crippen molar-refractivity contribution in [2.24, 2.45) is 5.41 Å². The summed E-state index contributed by atoms with van der Waals surface area (Å²) in [7, 11) is 0. The zero-order chi connectivity index (χ0) is 19.7. The molecule has 146 valence electrons. The average molecular weight is 383 g/mol. The summed E-state index contributed by atoms with van der Waals surface area (Å²) in [6.07, 6.45) is 3.58. The van der Waals surface area contributed by atoms with Gasteiger partial charge in [0.05, 0.1) is 11.0 Å². The maximum absolute atomic E-state index is 14.0. The van der Waals surface area contributed by atoms with Crippen LogP contribution in [0.3, 0.4) is 0 Å². The van der Waals surface area contributed by atoms with E-state index in [9.17, 15) is 18.8 Å². The van der Waals surface area contributed by atoms with E-state index in [0.717, 1.165) is 12.8 Å². The second kappa shape index (κ2) is 7.22. The first-order valence-corrected chi connectivity index (χ1v) is 9.49. The molecule has 2 amide bonds. The van der Waals surface area contributed by atoms with Crippen LogP contribution in [0.2, 0.25) is 0 Å². The third-order valence-electron chi connectivity index (χ3n) is 5.82. The Labute approximate surface area is 162 Å². The lowest BCUT2D eigenvalue weighted by Gasteiger charge is -2.39. The van der Waals surface area contributed by atoms with E-state index in [1.807, 2.05) is 0 Å². The molecule has 0 saturated carbocycles. The molecule has 2 fully saturated rings. The zero-order valence-corrected chi connectivity index (χ0v) is 15.5. The molecule has 2 aliphatic heterocycles. The number of amides is 2. The highest BCUT2D eigenvalue weighted by atomic mass is 19.1. The molecule has 0 aliphatic carbocycles. The van der Waals surface area contributed by atoms with Crippen molar-refractivity contribution >= 4 is 11.8 Å². The molecule has 0 radical (unpaired) electrons. The van der Waals surface area contributed by atoms with E-state index in [1.54, 1.807) is 28.0 Å². The van der Waals surface area contributed by atoms with Crippen molar-refractivity contribution in [2.45, 2.75) is 25.8 Å². The Hall–Kier alpha value is -2.96. The quantitative estimate of drug-likeness (QED) is 0.883. The summed E-state index contributed by atoms with van der Waals surface area (Å²) in [6, 6.07) is 9.32. The van der Waals surface area contributed by atoms with Gasteiger partial charge in [-0.1, -0.05) is 18.2 Å². The molecule has 4 rings (SSSR count). The SMILES string of the molecule is O=C(c1ccc(=O)[nH]c1)N1CCC2(CCCN(Cc3ccccc3F)C2=O)C1. The van der Waals surface area contributed by atoms with Crippen molar-refractivity contribution in [2.75, 3.05) is 19.6 Å². The average Bonchev–Trinajstić information content (AvgIpc) is 3.12.